The third-order valence-electron chi connectivity index (χ3n) is 9.71. The van der Waals surface area contributed by atoms with E-state index >= 15 is 0 Å². The number of carboxylic acid groups (broad SMARTS) is 1. The van der Waals surface area contributed by atoms with Crippen LogP contribution in [0.15, 0.2) is 103 Å². The van der Waals surface area contributed by atoms with Crippen LogP contribution in [0.2, 0.25) is 0 Å². The van der Waals surface area contributed by atoms with E-state index in [9.17, 15) is 15.2 Å². The molecule has 1 N–H and O–H groups in total. The first kappa shape index (κ1) is 34.4. The quantitative estimate of drug-likeness (QED) is 0.0638. The Balaban J connectivity index is 1.41. The smallest absolute Gasteiger partial charge is 0.346 e. The van der Waals surface area contributed by atoms with E-state index in [0.717, 1.165) is 47.6 Å². The Morgan fingerprint density at radius 2 is 1.27 bits per heavy atom. The molecule has 2 heterocycles. The predicted molar refractivity (Wildman–Crippen MR) is 207 cm³/mol. The Morgan fingerprint density at radius 1 is 0.735 bits per heavy atom. The van der Waals surface area contributed by atoms with Crippen molar-refractivity contribution in [2.45, 2.75) is 83.5 Å². The highest BCUT2D eigenvalue weighted by atomic mass is 32.1. The molecular weight excluding hydrogens is 641 g/mol. The molecule has 4 nitrogen and oxygen atoms in total. The summed E-state index contributed by atoms with van der Waals surface area (Å²) in [4.78, 5) is 18.7. The van der Waals surface area contributed by atoms with E-state index in [1.165, 1.54) is 69.8 Å². The topological polar surface area (TPSA) is 64.3 Å². The number of carboxylic acids is 1. The first-order chi connectivity index (χ1) is 24.0. The summed E-state index contributed by atoms with van der Waals surface area (Å²) < 4.78 is 0. The molecule has 0 radical (unpaired) electrons. The maximum absolute atomic E-state index is 11.7. The number of hydrogen-bond acceptors (Lipinski definition) is 5. The van der Waals surface area contributed by atoms with E-state index in [4.69, 9.17) is 0 Å². The molecule has 3 aromatic carbocycles. The molecular formula is C43H44N2O2S2. The number of carbonyl (C=O) groups is 1. The van der Waals surface area contributed by atoms with Crippen LogP contribution in [0.1, 0.15) is 94.1 Å². The van der Waals surface area contributed by atoms with Crippen molar-refractivity contribution in [2.75, 3.05) is 4.90 Å². The fourth-order valence-corrected chi connectivity index (χ4v) is 9.86. The molecule has 250 valence electrons. The van der Waals surface area contributed by atoms with E-state index in [-0.39, 0.29) is 11.0 Å². The van der Waals surface area contributed by atoms with Gasteiger partial charge in [-0.1, -0.05) is 114 Å². The van der Waals surface area contributed by atoms with Crippen molar-refractivity contribution < 1.29 is 9.90 Å². The highest BCUT2D eigenvalue weighted by molar-refractivity contribution is 7.24. The molecule has 1 aliphatic carbocycles. The highest BCUT2D eigenvalue weighted by Gasteiger charge is 2.45. The van der Waals surface area contributed by atoms with E-state index in [2.05, 4.69) is 104 Å². The van der Waals surface area contributed by atoms with Gasteiger partial charge in [0.05, 0.1) is 0 Å². The van der Waals surface area contributed by atoms with Crippen LogP contribution in [-0.2, 0) is 10.2 Å². The van der Waals surface area contributed by atoms with Crippen LogP contribution in [0.25, 0.3) is 26.3 Å². The zero-order chi connectivity index (χ0) is 34.2. The molecule has 5 aromatic rings. The van der Waals surface area contributed by atoms with Crippen molar-refractivity contribution >= 4 is 51.8 Å². The van der Waals surface area contributed by atoms with Crippen LogP contribution in [0.4, 0.5) is 17.1 Å². The number of thiophene rings is 2. The molecule has 1 aliphatic rings. The maximum atomic E-state index is 11.7. The van der Waals surface area contributed by atoms with Gasteiger partial charge in [-0.3, -0.25) is 0 Å². The maximum Gasteiger partial charge on any atom is 0.346 e. The van der Waals surface area contributed by atoms with Gasteiger partial charge >= 0.3 is 5.97 Å². The van der Waals surface area contributed by atoms with Gasteiger partial charge in [0, 0.05) is 42.0 Å². The minimum Gasteiger partial charge on any atom is -0.477 e. The lowest BCUT2D eigenvalue weighted by Crippen LogP contribution is -2.25. The van der Waals surface area contributed by atoms with Gasteiger partial charge in [0.1, 0.15) is 11.6 Å². The molecule has 6 rings (SSSR count). The molecule has 0 saturated heterocycles. The van der Waals surface area contributed by atoms with Gasteiger partial charge < -0.3 is 10.0 Å². The van der Waals surface area contributed by atoms with Crippen molar-refractivity contribution in [3.8, 4) is 26.3 Å². The van der Waals surface area contributed by atoms with Crippen molar-refractivity contribution in [3.63, 3.8) is 0 Å². The van der Waals surface area contributed by atoms with Crippen LogP contribution < -0.4 is 4.90 Å². The van der Waals surface area contributed by atoms with E-state index in [0.29, 0.717) is 0 Å². The number of anilines is 3. The molecule has 0 spiro atoms. The van der Waals surface area contributed by atoms with E-state index in [1.807, 2.05) is 29.5 Å². The number of nitrogens with zero attached hydrogens (tertiary/aromatic N) is 2. The first-order valence-corrected chi connectivity index (χ1v) is 19.3. The minimum absolute atomic E-state index is 0.100. The summed E-state index contributed by atoms with van der Waals surface area (Å²) in [6.07, 6.45) is 13.3. The van der Waals surface area contributed by atoms with Gasteiger partial charge in [-0.25, -0.2) is 4.79 Å². The van der Waals surface area contributed by atoms with Crippen LogP contribution in [0, 0.1) is 11.3 Å². The third-order valence-corrected chi connectivity index (χ3v) is 12.1. The Bertz CT molecular complexity index is 1880. The fraction of sp³-hybridized carbons (Fsp3) is 0.302. The number of aliphatic carboxylic acids is 1. The second-order valence-corrected chi connectivity index (χ2v) is 15.1. The highest BCUT2D eigenvalue weighted by Crippen LogP contribution is 2.61. The normalized spacial score (nSPS) is 13.1. The summed E-state index contributed by atoms with van der Waals surface area (Å²) in [5, 5.41) is 19.1. The zero-order valence-electron chi connectivity index (χ0n) is 28.5. The summed E-state index contributed by atoms with van der Waals surface area (Å²) in [5.41, 5.74) is 7.00. The largest absolute Gasteiger partial charge is 0.477 e. The molecule has 6 heteroatoms. The number of rotatable bonds is 16. The van der Waals surface area contributed by atoms with Crippen molar-refractivity contribution in [1.82, 2.24) is 0 Å². The standard InChI is InChI=1S/C43H44N2O2S2/c1-3-5-7-15-25-43(26-16-8-6-4-2)37-28-36(27-32(30-44)42(46)47)48-40(37)41-38(43)29-39(49-41)31-21-23-35(24-22-31)45(33-17-11-9-12-18-33)34-19-13-10-14-20-34/h9-14,17-24,27-29H,3-8,15-16,25-26H2,1-2H3,(H,46,47)/b32-27-. The Labute approximate surface area is 299 Å². The van der Waals surface area contributed by atoms with Gasteiger partial charge in [0.25, 0.3) is 0 Å². The van der Waals surface area contributed by atoms with Crippen molar-refractivity contribution in [1.29, 1.82) is 5.26 Å². The van der Waals surface area contributed by atoms with Crippen molar-refractivity contribution in [3.05, 3.63) is 119 Å². The molecule has 0 fully saturated rings. The molecule has 0 amide bonds. The average Bonchev–Trinajstić information content (AvgIpc) is 3.81. The van der Waals surface area contributed by atoms with Crippen LogP contribution in [0.3, 0.4) is 0 Å². The molecule has 0 aliphatic heterocycles. The lowest BCUT2D eigenvalue weighted by Gasteiger charge is -2.31. The number of hydrogen-bond donors (Lipinski definition) is 1. The molecule has 2 aromatic heterocycles. The number of unbranched alkanes of at least 4 members (excludes halogenated alkanes) is 6. The van der Waals surface area contributed by atoms with Gasteiger partial charge in [-0.05, 0) is 84.1 Å². The monoisotopic (exact) mass is 684 g/mol. The summed E-state index contributed by atoms with van der Waals surface area (Å²) in [6, 6.07) is 36.4. The summed E-state index contributed by atoms with van der Waals surface area (Å²) in [6.45, 7) is 4.52. The first-order valence-electron chi connectivity index (χ1n) is 17.6. The number of fused-ring (bicyclic) bond motifs is 3. The van der Waals surface area contributed by atoms with Gasteiger partial charge in [-0.15, -0.1) is 22.7 Å². The van der Waals surface area contributed by atoms with Crippen LogP contribution in [0.5, 0.6) is 0 Å². The molecule has 0 bridgehead atoms. The van der Waals surface area contributed by atoms with E-state index in [1.54, 1.807) is 17.4 Å². The Kier molecular flexibility index (Phi) is 11.1. The van der Waals surface area contributed by atoms with Gasteiger partial charge in [-0.2, -0.15) is 5.26 Å². The molecule has 0 unspecified atom stereocenters. The Hall–Kier alpha value is -4.44. The molecule has 0 atom stereocenters. The second-order valence-electron chi connectivity index (χ2n) is 13.0. The van der Waals surface area contributed by atoms with Crippen LogP contribution >= 0.6 is 22.7 Å². The van der Waals surface area contributed by atoms with E-state index < -0.39 is 5.97 Å². The van der Waals surface area contributed by atoms with Gasteiger partial charge in [0.2, 0.25) is 0 Å². The average molecular weight is 685 g/mol. The Morgan fingerprint density at radius 3 is 1.80 bits per heavy atom. The number of benzene rings is 3. The van der Waals surface area contributed by atoms with Crippen LogP contribution in [-0.4, -0.2) is 11.1 Å². The predicted octanol–water partition coefficient (Wildman–Crippen LogP) is 13.1. The van der Waals surface area contributed by atoms with Gasteiger partial charge in [0.15, 0.2) is 0 Å². The molecule has 0 saturated carbocycles. The SMILES string of the molecule is CCCCCCC1(CCCCCC)c2cc(/C=C(/C#N)C(=O)O)sc2-c2sc(-c3ccc(N(c4ccccc4)c4ccccc4)cc3)cc21. The number of para-hydroxylation sites is 2. The molecule has 49 heavy (non-hydrogen) atoms. The lowest BCUT2D eigenvalue weighted by molar-refractivity contribution is -0.132. The fourth-order valence-electron chi connectivity index (χ4n) is 7.24. The zero-order valence-corrected chi connectivity index (χ0v) is 30.1. The number of nitriles is 1. The third kappa shape index (κ3) is 7.29. The lowest BCUT2D eigenvalue weighted by atomic mass is 9.71. The summed E-state index contributed by atoms with van der Waals surface area (Å²) in [7, 11) is 0. The summed E-state index contributed by atoms with van der Waals surface area (Å²) in [5.74, 6) is -1.18. The van der Waals surface area contributed by atoms with Crippen molar-refractivity contribution in [2.24, 2.45) is 0 Å². The summed E-state index contributed by atoms with van der Waals surface area (Å²) >= 11 is 3.49. The second kappa shape index (κ2) is 15.8. The minimum atomic E-state index is -1.18.